The third kappa shape index (κ3) is 3.67. The minimum Gasteiger partial charge on any atom is -0.381 e. The number of aryl methyl sites for hydroxylation is 2. The number of pyridine rings is 1. The van der Waals surface area contributed by atoms with Crippen molar-refractivity contribution in [2.45, 2.75) is 25.8 Å². The molecule has 6 rings (SSSR count). The summed E-state index contributed by atoms with van der Waals surface area (Å²) in [4.78, 5) is 16.0. The first-order chi connectivity index (χ1) is 16.7. The number of nitrogens with zero attached hydrogens (tertiary/aromatic N) is 2. The molecule has 34 heavy (non-hydrogen) atoms. The predicted molar refractivity (Wildman–Crippen MR) is 133 cm³/mol. The topological polar surface area (TPSA) is 62.7 Å². The van der Waals surface area contributed by atoms with E-state index in [1.165, 1.54) is 29.7 Å². The Morgan fingerprint density at radius 3 is 2.65 bits per heavy atom. The number of para-hydroxylation sites is 1. The van der Waals surface area contributed by atoms with Gasteiger partial charge in [-0.15, -0.1) is 0 Å². The van der Waals surface area contributed by atoms with Crippen LogP contribution in [0.2, 0.25) is 0 Å². The van der Waals surface area contributed by atoms with Gasteiger partial charge in [-0.05, 0) is 72.9 Å². The average molecular weight is 451 g/mol. The molecule has 2 N–H and O–H groups in total. The summed E-state index contributed by atoms with van der Waals surface area (Å²) in [5, 5.41) is 8.93. The van der Waals surface area contributed by atoms with Crippen molar-refractivity contribution in [3.8, 4) is 16.9 Å². The van der Waals surface area contributed by atoms with Crippen LogP contribution in [0.5, 0.6) is 0 Å². The summed E-state index contributed by atoms with van der Waals surface area (Å²) < 4.78 is 15.7. The number of hydrogen-bond acceptors (Lipinski definition) is 3. The fraction of sp³-hybridized carbons (Fsp3) is 0.143. The number of aromatic nitrogens is 3. The first-order valence-corrected chi connectivity index (χ1v) is 11.5. The Labute approximate surface area is 195 Å². The zero-order valence-electron chi connectivity index (χ0n) is 18.5. The summed E-state index contributed by atoms with van der Waals surface area (Å²) in [7, 11) is 0. The second-order valence-corrected chi connectivity index (χ2v) is 8.68. The molecule has 168 valence electrons. The molecule has 2 heterocycles. The predicted octanol–water partition coefficient (Wildman–Crippen LogP) is 5.62. The van der Waals surface area contributed by atoms with Crippen LogP contribution in [0, 0.1) is 5.82 Å². The first-order valence-electron chi connectivity index (χ1n) is 11.5. The molecule has 6 heteroatoms. The molecule has 0 saturated carbocycles. The number of hydrogen-bond donors (Lipinski definition) is 2. The molecule has 2 aromatic heterocycles. The highest BCUT2D eigenvalue weighted by atomic mass is 19.1. The highest BCUT2D eigenvalue weighted by Gasteiger charge is 2.17. The standard InChI is InChI=1S/C28H23FN4O/c29-22-9-5-8-20(14-22)26-25-16-21(17-30-23-13-12-18-6-4-7-19(18)15-23)28(34)31-27(25)33(32-26)24-10-2-1-3-11-24/h1-3,5,8-16,30H,4,6-7,17H2,(H,31,34). The lowest BCUT2D eigenvalue weighted by molar-refractivity contribution is 0.628. The Hall–Kier alpha value is -4.19. The largest absolute Gasteiger partial charge is 0.381 e. The van der Waals surface area contributed by atoms with Gasteiger partial charge in [-0.3, -0.25) is 4.79 Å². The molecule has 0 amide bonds. The van der Waals surface area contributed by atoms with E-state index in [0.29, 0.717) is 29.0 Å². The Morgan fingerprint density at radius 2 is 1.79 bits per heavy atom. The molecule has 0 radical (unpaired) electrons. The van der Waals surface area contributed by atoms with Crippen LogP contribution in [0.1, 0.15) is 23.1 Å². The van der Waals surface area contributed by atoms with Crippen molar-refractivity contribution >= 4 is 16.7 Å². The molecular formula is C28H23FN4O. The van der Waals surface area contributed by atoms with Gasteiger partial charge < -0.3 is 10.3 Å². The van der Waals surface area contributed by atoms with E-state index < -0.39 is 0 Å². The summed E-state index contributed by atoms with van der Waals surface area (Å²) in [6.45, 7) is 0.378. The van der Waals surface area contributed by atoms with Crippen LogP contribution in [0.15, 0.2) is 83.7 Å². The van der Waals surface area contributed by atoms with Crippen molar-refractivity contribution in [3.63, 3.8) is 0 Å². The third-order valence-electron chi connectivity index (χ3n) is 6.44. The number of anilines is 1. The highest BCUT2D eigenvalue weighted by Crippen LogP contribution is 2.30. The van der Waals surface area contributed by atoms with Crippen molar-refractivity contribution in [2.24, 2.45) is 0 Å². The average Bonchev–Trinajstić information content (AvgIpc) is 3.47. The van der Waals surface area contributed by atoms with Crippen molar-refractivity contribution < 1.29 is 4.39 Å². The van der Waals surface area contributed by atoms with Gasteiger partial charge in [0.05, 0.1) is 5.69 Å². The van der Waals surface area contributed by atoms with Crippen molar-refractivity contribution in [3.05, 3.63) is 112 Å². The van der Waals surface area contributed by atoms with Crippen LogP contribution in [0.25, 0.3) is 28.0 Å². The van der Waals surface area contributed by atoms with E-state index in [4.69, 9.17) is 5.10 Å². The molecular weight excluding hydrogens is 427 g/mol. The summed E-state index contributed by atoms with van der Waals surface area (Å²) in [5.41, 5.74) is 6.89. The van der Waals surface area contributed by atoms with Crippen LogP contribution < -0.4 is 10.9 Å². The van der Waals surface area contributed by atoms with Crippen LogP contribution in [0.3, 0.4) is 0 Å². The van der Waals surface area contributed by atoms with Gasteiger partial charge in [-0.2, -0.15) is 5.10 Å². The minimum absolute atomic E-state index is 0.177. The molecule has 5 aromatic rings. The Kier molecular flexibility index (Phi) is 4.99. The normalized spacial score (nSPS) is 12.7. The van der Waals surface area contributed by atoms with Gasteiger partial charge in [-0.1, -0.05) is 36.4 Å². The fourth-order valence-electron chi connectivity index (χ4n) is 4.73. The first kappa shape index (κ1) is 20.4. The maximum atomic E-state index is 14.0. The molecule has 0 unspecified atom stereocenters. The Bertz CT molecular complexity index is 1570. The number of rotatable bonds is 5. The van der Waals surface area contributed by atoms with Crippen molar-refractivity contribution in [1.29, 1.82) is 0 Å². The molecule has 1 aliphatic rings. The van der Waals surface area contributed by atoms with Gasteiger partial charge in [-0.25, -0.2) is 9.07 Å². The molecule has 3 aromatic carbocycles. The molecule has 0 aliphatic heterocycles. The molecule has 0 atom stereocenters. The maximum absolute atomic E-state index is 14.0. The fourth-order valence-corrected chi connectivity index (χ4v) is 4.73. The van der Waals surface area contributed by atoms with Crippen LogP contribution in [-0.4, -0.2) is 14.8 Å². The Morgan fingerprint density at radius 1 is 0.941 bits per heavy atom. The van der Waals surface area contributed by atoms with Crippen molar-refractivity contribution in [2.75, 3.05) is 5.32 Å². The third-order valence-corrected chi connectivity index (χ3v) is 6.44. The van der Waals surface area contributed by atoms with E-state index in [1.807, 2.05) is 42.5 Å². The number of H-pyrrole nitrogens is 1. The molecule has 1 aliphatic carbocycles. The second-order valence-electron chi connectivity index (χ2n) is 8.68. The van der Waals surface area contributed by atoms with E-state index in [-0.39, 0.29) is 11.4 Å². The van der Waals surface area contributed by atoms with E-state index in [2.05, 4.69) is 28.5 Å². The molecule has 0 spiro atoms. The zero-order valence-corrected chi connectivity index (χ0v) is 18.5. The summed E-state index contributed by atoms with van der Waals surface area (Å²) in [6.07, 6.45) is 3.44. The number of halogens is 1. The second kappa shape index (κ2) is 8.30. The van der Waals surface area contributed by atoms with Gasteiger partial charge in [0.2, 0.25) is 0 Å². The lowest BCUT2D eigenvalue weighted by atomic mass is 10.1. The summed E-state index contributed by atoms with van der Waals surface area (Å²) in [5.74, 6) is -0.331. The number of nitrogens with one attached hydrogen (secondary N) is 2. The van der Waals surface area contributed by atoms with Gasteiger partial charge in [0.15, 0.2) is 0 Å². The Balaban J connectivity index is 1.43. The van der Waals surface area contributed by atoms with Gasteiger partial charge in [0.1, 0.15) is 17.2 Å². The lowest BCUT2D eigenvalue weighted by Crippen LogP contribution is -2.16. The van der Waals surface area contributed by atoms with Crippen LogP contribution in [-0.2, 0) is 19.4 Å². The molecule has 0 bridgehead atoms. The minimum atomic E-state index is -0.331. The van der Waals surface area contributed by atoms with E-state index >= 15 is 0 Å². The number of aromatic amines is 1. The van der Waals surface area contributed by atoms with Crippen molar-refractivity contribution in [1.82, 2.24) is 14.8 Å². The smallest absolute Gasteiger partial charge is 0.254 e. The number of benzene rings is 3. The van der Waals surface area contributed by atoms with Gasteiger partial charge in [0.25, 0.3) is 5.56 Å². The van der Waals surface area contributed by atoms with Gasteiger partial charge >= 0.3 is 0 Å². The van der Waals surface area contributed by atoms with Crippen LogP contribution in [0.4, 0.5) is 10.1 Å². The van der Waals surface area contributed by atoms with Gasteiger partial charge in [0, 0.05) is 28.7 Å². The monoisotopic (exact) mass is 450 g/mol. The van der Waals surface area contributed by atoms with E-state index in [9.17, 15) is 9.18 Å². The summed E-state index contributed by atoms with van der Waals surface area (Å²) in [6, 6.07) is 24.2. The quantitative estimate of drug-likeness (QED) is 0.365. The van der Waals surface area contributed by atoms with E-state index in [0.717, 1.165) is 29.6 Å². The maximum Gasteiger partial charge on any atom is 0.254 e. The molecule has 0 fully saturated rings. The highest BCUT2D eigenvalue weighted by molar-refractivity contribution is 5.92. The molecule has 5 nitrogen and oxygen atoms in total. The van der Waals surface area contributed by atoms with Crippen LogP contribution >= 0.6 is 0 Å². The molecule has 0 saturated heterocycles. The zero-order chi connectivity index (χ0) is 23.1. The SMILES string of the molecule is O=c1[nH]c2c(cc1CNc1ccc3c(c1)CCC3)c(-c1cccc(F)c1)nn2-c1ccccc1. The summed E-state index contributed by atoms with van der Waals surface area (Å²) >= 11 is 0. The van der Waals surface area contributed by atoms with E-state index in [1.54, 1.807) is 10.7 Å². The lowest BCUT2D eigenvalue weighted by Gasteiger charge is -2.09. The number of fused-ring (bicyclic) bond motifs is 2.